The third-order valence-electron chi connectivity index (χ3n) is 4.97. The molecule has 0 bridgehead atoms. The summed E-state index contributed by atoms with van der Waals surface area (Å²) in [6, 6.07) is 6.24. The van der Waals surface area contributed by atoms with Crippen molar-refractivity contribution in [2.75, 3.05) is 6.61 Å². The van der Waals surface area contributed by atoms with E-state index >= 15 is 0 Å². The van der Waals surface area contributed by atoms with Crippen molar-refractivity contribution < 1.29 is 81.4 Å². The molecule has 0 N–H and O–H groups in total. The average molecular weight is 554 g/mol. The molecule has 0 fully saturated rings. The van der Waals surface area contributed by atoms with Crippen LogP contribution in [-0.2, 0) is 22.5 Å². The number of ether oxygens (including phenoxy) is 1. The normalized spacial score (nSPS) is 12.1. The molecule has 184 valence electrons. The van der Waals surface area contributed by atoms with Crippen molar-refractivity contribution in [3.05, 3.63) is 53.1 Å². The van der Waals surface area contributed by atoms with Crippen molar-refractivity contribution in [2.45, 2.75) is 57.3 Å². The monoisotopic (exact) mass is 553 g/mol. The van der Waals surface area contributed by atoms with Gasteiger partial charge in [0, 0.05) is 49.7 Å². The minimum Gasteiger partial charge on any atom is -0.767 e. The van der Waals surface area contributed by atoms with Gasteiger partial charge in [-0.25, -0.2) is 14.5 Å². The fourth-order valence-electron chi connectivity index (χ4n) is 3.16. The molecule has 0 aliphatic rings. The molecule has 1 unspecified atom stereocenters. The van der Waals surface area contributed by atoms with E-state index in [-0.39, 0.29) is 77.7 Å². The van der Waals surface area contributed by atoms with Crippen molar-refractivity contribution in [3.8, 4) is 11.1 Å². The zero-order valence-electron chi connectivity index (χ0n) is 21.7. The van der Waals surface area contributed by atoms with Crippen LogP contribution in [0.3, 0.4) is 0 Å². The Kier molecular flexibility index (Phi) is 13.5. The number of aromatic nitrogens is 4. The summed E-state index contributed by atoms with van der Waals surface area (Å²) in [7, 11) is -1.32. The number of rotatable bonds is 10. The maximum absolute atomic E-state index is 14.5. The van der Waals surface area contributed by atoms with Crippen molar-refractivity contribution >= 4 is 30.8 Å². The summed E-state index contributed by atoms with van der Waals surface area (Å²) >= 11 is -2.68. The van der Waals surface area contributed by atoms with Gasteiger partial charge in [-0.05, 0) is 46.9 Å². The van der Waals surface area contributed by atoms with E-state index < -0.39 is 36.1 Å². The summed E-state index contributed by atoms with van der Waals surface area (Å²) < 4.78 is 58.3. The molecule has 0 radical (unpaired) electrons. The second-order valence-corrected chi connectivity index (χ2v) is 15.8. The van der Waals surface area contributed by atoms with Crippen molar-refractivity contribution in [2.24, 2.45) is 0 Å². The van der Waals surface area contributed by atoms with Crippen molar-refractivity contribution in [3.63, 3.8) is 0 Å². The van der Waals surface area contributed by atoms with Crippen LogP contribution in [0.15, 0.2) is 35.6 Å². The number of hydrogen-bond donors (Lipinski definition) is 0. The van der Waals surface area contributed by atoms with Crippen molar-refractivity contribution in [1.29, 1.82) is 0 Å². The van der Waals surface area contributed by atoms with Crippen LogP contribution in [0.4, 0.5) is 20.4 Å². The fraction of sp³-hybridized carbons (Fsp3) is 0.409. The maximum atomic E-state index is 14.5. The predicted octanol–water partition coefficient (Wildman–Crippen LogP) is -0.363. The van der Waals surface area contributed by atoms with Gasteiger partial charge in [-0.1, -0.05) is 33.5 Å². The first-order valence-electron chi connectivity index (χ1n) is 10.7. The molecule has 36 heavy (non-hydrogen) atoms. The van der Waals surface area contributed by atoms with Gasteiger partial charge in [0.1, 0.15) is 11.0 Å². The van der Waals surface area contributed by atoms with E-state index in [1.54, 1.807) is 6.07 Å². The van der Waals surface area contributed by atoms with Crippen LogP contribution in [-0.4, -0.2) is 43.2 Å². The van der Waals surface area contributed by atoms with Gasteiger partial charge in [0.25, 0.3) is 0 Å². The molecule has 0 saturated carbocycles. The molecule has 2 aromatic heterocycles. The Bertz CT molecular complexity index is 1190. The van der Waals surface area contributed by atoms with E-state index in [2.05, 4.69) is 40.0 Å². The molecule has 0 amide bonds. The summed E-state index contributed by atoms with van der Waals surface area (Å²) in [4.78, 5) is 7.58. The molecular formula is C22H27F2N5Na2O3SSi. The van der Waals surface area contributed by atoms with E-state index in [1.165, 1.54) is 29.1 Å². The third-order valence-corrected chi connectivity index (χ3v) is 7.14. The van der Waals surface area contributed by atoms with Crippen LogP contribution in [0.25, 0.3) is 16.4 Å². The van der Waals surface area contributed by atoms with E-state index in [0.717, 1.165) is 6.04 Å². The molecule has 0 aliphatic carbocycles. The van der Waals surface area contributed by atoms with Crippen LogP contribution in [0.2, 0.25) is 25.7 Å². The van der Waals surface area contributed by atoms with E-state index in [0.29, 0.717) is 29.0 Å². The van der Waals surface area contributed by atoms with Crippen LogP contribution >= 0.6 is 0 Å². The van der Waals surface area contributed by atoms with Gasteiger partial charge in [-0.15, -0.1) is 0 Å². The molecule has 8 nitrogen and oxygen atoms in total. The van der Waals surface area contributed by atoms with Crippen LogP contribution in [0, 0.1) is 11.8 Å². The molecule has 3 rings (SSSR count). The molecule has 0 aliphatic heterocycles. The second kappa shape index (κ2) is 14.6. The van der Waals surface area contributed by atoms with Gasteiger partial charge in [0.2, 0.25) is 5.95 Å². The van der Waals surface area contributed by atoms with Gasteiger partial charge in [0.05, 0.1) is 6.73 Å². The Morgan fingerprint density at radius 1 is 1.19 bits per heavy atom. The first-order valence-corrected chi connectivity index (χ1v) is 15.5. The van der Waals surface area contributed by atoms with Crippen molar-refractivity contribution in [1.82, 2.24) is 19.7 Å². The topological polar surface area (TPSA) is 107 Å². The summed E-state index contributed by atoms with van der Waals surface area (Å²) in [5.74, 6) is -1.39. The molecule has 1 aromatic carbocycles. The van der Waals surface area contributed by atoms with Crippen LogP contribution in [0.1, 0.15) is 25.3 Å². The Labute approximate surface area is 257 Å². The number of halogens is 2. The molecule has 1 atom stereocenters. The smallest absolute Gasteiger partial charge is 0.767 e. The Morgan fingerprint density at radius 2 is 1.89 bits per heavy atom. The van der Waals surface area contributed by atoms with Gasteiger partial charge in [0.15, 0.2) is 0 Å². The zero-order chi connectivity index (χ0) is 25.0. The largest absolute Gasteiger partial charge is 1.00 e. The van der Waals surface area contributed by atoms with E-state index in [1.807, 2.05) is 13.8 Å². The average Bonchev–Trinajstić information content (AvgIpc) is 3.14. The predicted molar refractivity (Wildman–Crippen MR) is 128 cm³/mol. The van der Waals surface area contributed by atoms with Crippen LogP contribution in [0.5, 0.6) is 0 Å². The van der Waals surface area contributed by atoms with Gasteiger partial charge >= 0.3 is 59.1 Å². The second-order valence-electron chi connectivity index (χ2n) is 9.30. The summed E-state index contributed by atoms with van der Waals surface area (Å²) in [5, 5.41) is 8.13. The minimum atomic E-state index is -2.68. The molecule has 14 heteroatoms. The van der Waals surface area contributed by atoms with E-state index in [4.69, 9.17) is 4.74 Å². The zero-order valence-corrected chi connectivity index (χ0v) is 27.5. The SMILES string of the molecule is CC(C)c1cc(F)cc(-c2ccnc(F)c2)c1[N-]c1nc(S(=O)[O-])nn1COCC[Si](C)(C)C.[Na+].[Na+]. The van der Waals surface area contributed by atoms with Gasteiger partial charge < -0.3 is 24.3 Å². The summed E-state index contributed by atoms with van der Waals surface area (Å²) in [6.45, 7) is 10.8. The third kappa shape index (κ3) is 9.33. The molecule has 3 aromatic rings. The first-order chi connectivity index (χ1) is 15.9. The molecule has 2 heterocycles. The van der Waals surface area contributed by atoms with Crippen LogP contribution < -0.4 is 59.1 Å². The Morgan fingerprint density at radius 3 is 2.47 bits per heavy atom. The summed E-state index contributed by atoms with van der Waals surface area (Å²) in [6.07, 6.45) is 1.28. The molecular weight excluding hydrogens is 526 g/mol. The van der Waals surface area contributed by atoms with Gasteiger partial charge in [-0.3, -0.25) is 4.21 Å². The minimum absolute atomic E-state index is 0. The number of pyridine rings is 1. The van der Waals surface area contributed by atoms with Gasteiger partial charge in [-0.2, -0.15) is 4.39 Å². The Balaban J connectivity index is 0.00000324. The number of nitrogens with zero attached hydrogens (tertiary/aromatic N) is 5. The quantitative estimate of drug-likeness (QED) is 0.147. The standard InChI is InChI=1S/C22H28F2N5O3SSi.2Na/c1-14(2)17-11-16(23)12-18(15-6-7-25-19(24)10-15)20(17)26-21-27-22(33(30)31)28-29(21)13-32-8-9-34(3,4)5;;/h6-7,10-12,14H,8-9,13H2,1-5H3,(H-,26,27,28,30,31);;/q-1;2*+1/p-1. The first kappa shape index (κ1) is 33.5. The molecule has 0 saturated heterocycles. The fourth-order valence-corrected chi connectivity index (χ4v) is 4.24. The Hall–Kier alpha value is -0.543. The van der Waals surface area contributed by atoms with E-state index in [9.17, 15) is 17.5 Å². The molecule has 0 spiro atoms. The summed E-state index contributed by atoms with van der Waals surface area (Å²) in [5.41, 5.74) is 1.58. The number of hydrogen-bond acceptors (Lipinski definition) is 6. The maximum Gasteiger partial charge on any atom is 1.00 e. The number of benzene rings is 1.